The first-order chi connectivity index (χ1) is 13.1. The van der Waals surface area contributed by atoms with Gasteiger partial charge in [0, 0.05) is 6.92 Å². The number of furan rings is 3. The Morgan fingerprint density at radius 2 is 1.74 bits per heavy atom. The number of esters is 1. The fourth-order valence-electron chi connectivity index (χ4n) is 3.83. The molecular formula is C19H16N2O6. The van der Waals surface area contributed by atoms with Gasteiger partial charge in [-0.25, -0.2) is 0 Å². The summed E-state index contributed by atoms with van der Waals surface area (Å²) in [6.07, 6.45) is 3.70. The molecule has 3 aromatic heterocycles. The molecular weight excluding hydrogens is 352 g/mol. The standard InChI is InChI=1S/C19H16N2O6/c1-11(22)27-16-15(12-5-2-8-24-12)21(18(16)23)19(14-7-4-10-26-14)17(20-19)13-6-3-9-25-13/h2-10,15-17,20H,1H3/t15?,16?,17-,19+/m0/s1. The van der Waals surface area contributed by atoms with Crippen molar-refractivity contribution in [3.8, 4) is 0 Å². The van der Waals surface area contributed by atoms with Crippen LogP contribution in [-0.4, -0.2) is 22.9 Å². The number of nitrogens with one attached hydrogen (secondary N) is 1. The maximum atomic E-state index is 13.0. The molecule has 0 spiro atoms. The molecule has 8 heteroatoms. The molecule has 2 saturated heterocycles. The number of β-lactam (4-membered cyclic amide) rings is 1. The highest BCUT2D eigenvalue weighted by atomic mass is 16.6. The number of hydrogen-bond donors (Lipinski definition) is 1. The van der Waals surface area contributed by atoms with E-state index in [4.69, 9.17) is 18.0 Å². The van der Waals surface area contributed by atoms with Gasteiger partial charge < -0.3 is 18.0 Å². The van der Waals surface area contributed by atoms with Crippen molar-refractivity contribution in [2.75, 3.05) is 0 Å². The molecule has 2 unspecified atom stereocenters. The Morgan fingerprint density at radius 3 is 2.33 bits per heavy atom. The number of carbonyl (C=O) groups is 2. The van der Waals surface area contributed by atoms with Crippen LogP contribution in [0.25, 0.3) is 0 Å². The van der Waals surface area contributed by atoms with Gasteiger partial charge in [-0.05, 0) is 36.4 Å². The van der Waals surface area contributed by atoms with Gasteiger partial charge in [0.2, 0.25) is 6.10 Å². The number of likely N-dealkylation sites (tertiary alicyclic amines) is 1. The molecule has 0 saturated carbocycles. The Hall–Kier alpha value is -3.26. The van der Waals surface area contributed by atoms with Gasteiger partial charge in [0.05, 0.1) is 18.8 Å². The predicted molar refractivity (Wildman–Crippen MR) is 88.8 cm³/mol. The predicted octanol–water partition coefficient (Wildman–Crippen LogP) is 2.48. The summed E-state index contributed by atoms with van der Waals surface area (Å²) in [5.74, 6) is 0.912. The van der Waals surface area contributed by atoms with Crippen molar-refractivity contribution in [2.24, 2.45) is 0 Å². The van der Waals surface area contributed by atoms with Gasteiger partial charge in [-0.3, -0.25) is 19.8 Å². The monoisotopic (exact) mass is 368 g/mol. The number of rotatable bonds is 5. The van der Waals surface area contributed by atoms with Gasteiger partial charge in [-0.15, -0.1) is 0 Å². The molecule has 138 valence electrons. The van der Waals surface area contributed by atoms with Crippen molar-refractivity contribution in [1.82, 2.24) is 10.2 Å². The van der Waals surface area contributed by atoms with E-state index in [0.29, 0.717) is 17.3 Å². The third-order valence-corrected chi connectivity index (χ3v) is 4.98. The molecule has 1 N–H and O–H groups in total. The van der Waals surface area contributed by atoms with Gasteiger partial charge >= 0.3 is 5.97 Å². The molecule has 0 bridgehead atoms. The minimum absolute atomic E-state index is 0.293. The Kier molecular flexibility index (Phi) is 3.32. The zero-order valence-corrected chi connectivity index (χ0v) is 14.3. The van der Waals surface area contributed by atoms with Crippen LogP contribution in [-0.2, 0) is 20.0 Å². The minimum atomic E-state index is -0.944. The van der Waals surface area contributed by atoms with E-state index in [1.807, 2.05) is 6.07 Å². The molecule has 2 aliphatic rings. The summed E-state index contributed by atoms with van der Waals surface area (Å²) in [5, 5.41) is 3.32. The van der Waals surface area contributed by atoms with Gasteiger partial charge in [-0.2, -0.15) is 0 Å². The zero-order chi connectivity index (χ0) is 18.6. The smallest absolute Gasteiger partial charge is 0.303 e. The van der Waals surface area contributed by atoms with Gasteiger partial charge in [0.1, 0.15) is 29.4 Å². The molecule has 2 aliphatic heterocycles. The number of nitrogens with zero attached hydrogens (tertiary/aromatic N) is 1. The summed E-state index contributed by atoms with van der Waals surface area (Å²) >= 11 is 0. The SMILES string of the molecule is CC(=O)OC1C(=O)N([C@@]2(c3ccco3)N[C@H]2c2ccco2)C1c1ccco1. The van der Waals surface area contributed by atoms with Crippen molar-refractivity contribution in [1.29, 1.82) is 0 Å². The lowest BCUT2D eigenvalue weighted by Crippen LogP contribution is -2.64. The summed E-state index contributed by atoms with van der Waals surface area (Å²) < 4.78 is 22.0. The molecule has 1 amide bonds. The van der Waals surface area contributed by atoms with Crippen molar-refractivity contribution in [2.45, 2.75) is 30.8 Å². The van der Waals surface area contributed by atoms with Crippen LogP contribution in [0.1, 0.15) is 36.3 Å². The molecule has 0 aliphatic carbocycles. The van der Waals surface area contributed by atoms with Gasteiger partial charge in [0.25, 0.3) is 5.91 Å². The molecule has 8 nitrogen and oxygen atoms in total. The third kappa shape index (κ3) is 2.20. The van der Waals surface area contributed by atoms with Crippen molar-refractivity contribution < 1.29 is 27.6 Å². The third-order valence-electron chi connectivity index (χ3n) is 4.98. The minimum Gasteiger partial charge on any atom is -0.468 e. The molecule has 5 rings (SSSR count). The second-order valence-corrected chi connectivity index (χ2v) is 6.53. The van der Waals surface area contributed by atoms with Gasteiger partial charge in [0.15, 0.2) is 5.66 Å². The largest absolute Gasteiger partial charge is 0.468 e. The fraction of sp³-hybridized carbons (Fsp3) is 0.263. The number of amides is 1. The number of carbonyl (C=O) groups excluding carboxylic acids is 2. The molecule has 2 fully saturated rings. The van der Waals surface area contributed by atoms with Crippen molar-refractivity contribution in [3.63, 3.8) is 0 Å². The summed E-state index contributed by atoms with van der Waals surface area (Å²) in [6, 6.07) is 9.77. The Labute approximate surface area is 153 Å². The van der Waals surface area contributed by atoms with Gasteiger partial charge in [-0.1, -0.05) is 0 Å². The quantitative estimate of drug-likeness (QED) is 0.419. The zero-order valence-electron chi connectivity index (χ0n) is 14.3. The van der Waals surface area contributed by atoms with Crippen LogP contribution in [0.2, 0.25) is 0 Å². The fourth-order valence-corrected chi connectivity index (χ4v) is 3.83. The second kappa shape index (κ2) is 5.62. The van der Waals surface area contributed by atoms with E-state index in [1.165, 1.54) is 13.2 Å². The summed E-state index contributed by atoms with van der Waals surface area (Å²) in [6.45, 7) is 1.28. The summed E-state index contributed by atoms with van der Waals surface area (Å²) in [5.41, 5.74) is -0.938. The van der Waals surface area contributed by atoms with Crippen LogP contribution in [0.4, 0.5) is 0 Å². The molecule has 4 atom stereocenters. The van der Waals surface area contributed by atoms with E-state index < -0.39 is 23.8 Å². The lowest BCUT2D eigenvalue weighted by atomic mass is 9.90. The average molecular weight is 368 g/mol. The van der Waals surface area contributed by atoms with Crippen molar-refractivity contribution >= 4 is 11.9 Å². The molecule has 27 heavy (non-hydrogen) atoms. The van der Waals surface area contributed by atoms with E-state index in [1.54, 1.807) is 47.8 Å². The highest BCUT2D eigenvalue weighted by Gasteiger charge is 2.72. The molecule has 3 aromatic rings. The Morgan fingerprint density at radius 1 is 1.07 bits per heavy atom. The number of ether oxygens (including phenoxy) is 1. The van der Waals surface area contributed by atoms with E-state index in [0.717, 1.165) is 0 Å². The van der Waals surface area contributed by atoms with Crippen LogP contribution in [0.15, 0.2) is 68.4 Å². The van der Waals surface area contributed by atoms with E-state index >= 15 is 0 Å². The number of hydrogen-bond acceptors (Lipinski definition) is 7. The lowest BCUT2D eigenvalue weighted by Gasteiger charge is -2.48. The van der Waals surface area contributed by atoms with Crippen LogP contribution in [0, 0.1) is 0 Å². The molecule has 5 heterocycles. The average Bonchev–Trinajstić information content (AvgIpc) is 3.23. The molecule has 0 aromatic carbocycles. The first-order valence-corrected chi connectivity index (χ1v) is 8.52. The maximum Gasteiger partial charge on any atom is 0.303 e. The summed E-state index contributed by atoms with van der Waals surface area (Å²) in [7, 11) is 0. The van der Waals surface area contributed by atoms with Crippen LogP contribution in [0.3, 0.4) is 0 Å². The highest BCUT2D eigenvalue weighted by molar-refractivity contribution is 5.92. The van der Waals surface area contributed by atoms with Crippen molar-refractivity contribution in [3.05, 3.63) is 72.5 Å². The highest BCUT2D eigenvalue weighted by Crippen LogP contribution is 2.58. The van der Waals surface area contributed by atoms with E-state index in [2.05, 4.69) is 5.32 Å². The Balaban J connectivity index is 1.58. The van der Waals surface area contributed by atoms with Crippen LogP contribution < -0.4 is 5.32 Å². The van der Waals surface area contributed by atoms with Crippen LogP contribution >= 0.6 is 0 Å². The lowest BCUT2D eigenvalue weighted by molar-refractivity contribution is -0.192. The topological polar surface area (TPSA) is 108 Å². The first kappa shape index (κ1) is 16.0. The second-order valence-electron chi connectivity index (χ2n) is 6.53. The van der Waals surface area contributed by atoms with E-state index in [9.17, 15) is 9.59 Å². The normalized spacial score (nSPS) is 29.4. The summed E-state index contributed by atoms with van der Waals surface area (Å²) in [4.78, 5) is 26.1. The van der Waals surface area contributed by atoms with Crippen LogP contribution in [0.5, 0.6) is 0 Å². The van der Waals surface area contributed by atoms with E-state index in [-0.39, 0.29) is 11.9 Å². The molecule has 0 radical (unpaired) electrons. The first-order valence-electron chi connectivity index (χ1n) is 8.52. The maximum absolute atomic E-state index is 13.0. The Bertz CT molecular complexity index is 962.